The summed E-state index contributed by atoms with van der Waals surface area (Å²) in [4.78, 5) is 0. The van der Waals surface area contributed by atoms with E-state index in [1.54, 1.807) is 12.1 Å². The molecule has 132 valence electrons. The third-order valence-electron chi connectivity index (χ3n) is 4.69. The van der Waals surface area contributed by atoms with Gasteiger partial charge in [0.15, 0.2) is 0 Å². The molecule has 0 fully saturated rings. The van der Waals surface area contributed by atoms with Crippen LogP contribution in [0.15, 0.2) is 48.7 Å². The van der Waals surface area contributed by atoms with E-state index in [-0.39, 0.29) is 5.82 Å². The Hall–Kier alpha value is -2.00. The van der Waals surface area contributed by atoms with Crippen molar-refractivity contribution < 1.29 is 9.13 Å². The van der Waals surface area contributed by atoms with Crippen molar-refractivity contribution in [1.82, 2.24) is 0 Å². The second kappa shape index (κ2) is 7.92. The molecule has 1 aliphatic rings. The number of aryl methyl sites for hydroxylation is 1. The number of hydrogen-bond donors (Lipinski definition) is 1. The molecular formula is C21H23ClFNO. The minimum atomic E-state index is -0.235. The van der Waals surface area contributed by atoms with E-state index in [1.807, 2.05) is 6.92 Å². The fourth-order valence-electron chi connectivity index (χ4n) is 3.26. The Kier molecular flexibility index (Phi) is 5.64. The molecule has 1 heterocycles. The van der Waals surface area contributed by atoms with E-state index in [9.17, 15) is 4.39 Å². The van der Waals surface area contributed by atoms with Crippen molar-refractivity contribution in [2.24, 2.45) is 5.92 Å². The van der Waals surface area contributed by atoms with Gasteiger partial charge in [0.1, 0.15) is 5.82 Å². The first kappa shape index (κ1) is 17.8. The Morgan fingerprint density at radius 2 is 2.16 bits per heavy atom. The minimum Gasteiger partial charge on any atom is -0.498 e. The predicted molar refractivity (Wildman–Crippen MR) is 102 cm³/mol. The highest BCUT2D eigenvalue weighted by Gasteiger charge is 2.21. The van der Waals surface area contributed by atoms with Gasteiger partial charge in [0.05, 0.1) is 12.4 Å². The van der Waals surface area contributed by atoms with Crippen LogP contribution in [-0.2, 0) is 24.0 Å². The molecule has 1 N–H and O–H groups in total. The molecule has 2 aromatic carbocycles. The number of halogens is 2. The fourth-order valence-corrected chi connectivity index (χ4v) is 3.52. The van der Waals surface area contributed by atoms with Gasteiger partial charge in [-0.05, 0) is 55.5 Å². The molecule has 25 heavy (non-hydrogen) atoms. The monoisotopic (exact) mass is 359 g/mol. The Balaban J connectivity index is 1.67. The van der Waals surface area contributed by atoms with E-state index in [2.05, 4.69) is 30.1 Å². The van der Waals surface area contributed by atoms with Crippen LogP contribution in [0, 0.1) is 11.7 Å². The van der Waals surface area contributed by atoms with Crippen molar-refractivity contribution in [1.29, 1.82) is 0 Å². The summed E-state index contributed by atoms with van der Waals surface area (Å²) in [7, 11) is 0. The van der Waals surface area contributed by atoms with Crippen LogP contribution in [0.1, 0.15) is 23.6 Å². The first-order valence-corrected chi connectivity index (χ1v) is 9.06. The van der Waals surface area contributed by atoms with Crippen LogP contribution >= 0.6 is 11.6 Å². The summed E-state index contributed by atoms with van der Waals surface area (Å²) in [5.74, 6) is 0.912. The highest BCUT2D eigenvalue weighted by molar-refractivity contribution is 6.31. The Labute approximate surface area is 153 Å². The van der Waals surface area contributed by atoms with Gasteiger partial charge in [-0.3, -0.25) is 0 Å². The van der Waals surface area contributed by atoms with Crippen LogP contribution in [0.4, 0.5) is 10.1 Å². The first-order chi connectivity index (χ1) is 12.1. The zero-order valence-corrected chi connectivity index (χ0v) is 15.2. The number of hydrogen-bond acceptors (Lipinski definition) is 2. The molecule has 2 aromatic rings. The number of ether oxygens (including phenoxy) is 1. The lowest BCUT2D eigenvalue weighted by molar-refractivity contribution is 0.194. The molecule has 0 amide bonds. The van der Waals surface area contributed by atoms with Crippen LogP contribution in [0.3, 0.4) is 0 Å². The normalized spacial score (nSPS) is 16.0. The van der Waals surface area contributed by atoms with E-state index in [4.69, 9.17) is 16.3 Å². The summed E-state index contributed by atoms with van der Waals surface area (Å²) in [6.45, 7) is 7.48. The van der Waals surface area contributed by atoms with Gasteiger partial charge in [0.25, 0.3) is 0 Å². The molecule has 1 atom stereocenters. The first-order valence-electron chi connectivity index (χ1n) is 8.68. The highest BCUT2D eigenvalue weighted by Crippen LogP contribution is 2.30. The molecule has 3 rings (SSSR count). The molecule has 0 saturated carbocycles. The SMILES string of the molecule is C=C(OCC)C1CNc2cc(CCc3c(F)cccc3Cl)ccc2C1. The average molecular weight is 360 g/mol. The van der Waals surface area contributed by atoms with Gasteiger partial charge in [0.2, 0.25) is 0 Å². The van der Waals surface area contributed by atoms with Crippen molar-refractivity contribution in [3.63, 3.8) is 0 Å². The van der Waals surface area contributed by atoms with Crippen molar-refractivity contribution in [2.45, 2.75) is 26.2 Å². The molecule has 1 unspecified atom stereocenters. The maximum atomic E-state index is 13.9. The van der Waals surface area contributed by atoms with Gasteiger partial charge in [-0.1, -0.05) is 36.4 Å². The van der Waals surface area contributed by atoms with E-state index in [0.717, 1.165) is 30.8 Å². The van der Waals surface area contributed by atoms with Gasteiger partial charge < -0.3 is 10.1 Å². The van der Waals surface area contributed by atoms with Crippen LogP contribution in [0.5, 0.6) is 0 Å². The molecule has 0 aliphatic carbocycles. The van der Waals surface area contributed by atoms with Crippen LogP contribution in [0.25, 0.3) is 0 Å². The number of rotatable bonds is 6. The Morgan fingerprint density at radius 1 is 1.32 bits per heavy atom. The van der Waals surface area contributed by atoms with Gasteiger partial charge in [0, 0.05) is 28.7 Å². The average Bonchev–Trinajstić information content (AvgIpc) is 2.61. The summed E-state index contributed by atoms with van der Waals surface area (Å²) >= 11 is 6.11. The van der Waals surface area contributed by atoms with Gasteiger partial charge in [-0.25, -0.2) is 4.39 Å². The number of benzene rings is 2. The summed E-state index contributed by atoms with van der Waals surface area (Å²) in [6, 6.07) is 11.2. The third-order valence-corrected chi connectivity index (χ3v) is 5.04. The molecular weight excluding hydrogens is 337 g/mol. The Morgan fingerprint density at radius 3 is 2.92 bits per heavy atom. The van der Waals surface area contributed by atoms with Gasteiger partial charge in [-0.15, -0.1) is 0 Å². The standard InChI is InChI=1S/C21H23ClFNO/c1-3-25-14(2)17-12-16-9-7-15(11-21(16)24-13-17)8-10-18-19(22)5-4-6-20(18)23/h4-7,9,11,17,24H,2-3,8,10,12-13H2,1H3. The quantitative estimate of drug-likeness (QED) is 0.697. The highest BCUT2D eigenvalue weighted by atomic mass is 35.5. The largest absolute Gasteiger partial charge is 0.498 e. The second-order valence-corrected chi connectivity index (χ2v) is 6.78. The lowest BCUT2D eigenvalue weighted by Crippen LogP contribution is -2.25. The van der Waals surface area contributed by atoms with Crippen molar-refractivity contribution in [2.75, 3.05) is 18.5 Å². The van der Waals surface area contributed by atoms with E-state index < -0.39 is 0 Å². The number of nitrogens with one attached hydrogen (secondary N) is 1. The van der Waals surface area contributed by atoms with Crippen molar-refractivity contribution >= 4 is 17.3 Å². The van der Waals surface area contributed by atoms with Gasteiger partial charge in [-0.2, -0.15) is 0 Å². The Bertz CT molecular complexity index is 754. The van der Waals surface area contributed by atoms with Crippen LogP contribution in [0.2, 0.25) is 5.02 Å². The number of fused-ring (bicyclic) bond motifs is 1. The fraction of sp³-hybridized carbons (Fsp3) is 0.333. The van der Waals surface area contributed by atoms with Crippen LogP contribution < -0.4 is 5.32 Å². The minimum absolute atomic E-state index is 0.235. The lowest BCUT2D eigenvalue weighted by Gasteiger charge is -2.27. The summed E-state index contributed by atoms with van der Waals surface area (Å²) in [5, 5.41) is 3.97. The summed E-state index contributed by atoms with van der Waals surface area (Å²) in [5.41, 5.74) is 4.18. The van der Waals surface area contributed by atoms with Crippen molar-refractivity contribution in [3.8, 4) is 0 Å². The van der Waals surface area contributed by atoms with E-state index in [1.165, 1.54) is 17.2 Å². The topological polar surface area (TPSA) is 21.3 Å². The molecule has 0 spiro atoms. The summed E-state index contributed by atoms with van der Waals surface area (Å²) < 4.78 is 19.4. The number of anilines is 1. The van der Waals surface area contributed by atoms with Crippen LogP contribution in [-0.4, -0.2) is 13.2 Å². The van der Waals surface area contributed by atoms with Gasteiger partial charge >= 0.3 is 0 Å². The van der Waals surface area contributed by atoms with E-state index in [0.29, 0.717) is 29.5 Å². The third kappa shape index (κ3) is 4.16. The summed E-state index contributed by atoms with van der Waals surface area (Å²) in [6.07, 6.45) is 2.28. The zero-order chi connectivity index (χ0) is 17.8. The molecule has 0 radical (unpaired) electrons. The maximum absolute atomic E-state index is 13.9. The molecule has 0 bridgehead atoms. The molecule has 0 saturated heterocycles. The predicted octanol–water partition coefficient (Wildman–Crippen LogP) is 5.40. The maximum Gasteiger partial charge on any atom is 0.127 e. The second-order valence-electron chi connectivity index (χ2n) is 6.37. The molecule has 0 aromatic heterocycles. The van der Waals surface area contributed by atoms with E-state index >= 15 is 0 Å². The lowest BCUT2D eigenvalue weighted by atomic mass is 9.91. The molecule has 1 aliphatic heterocycles. The zero-order valence-electron chi connectivity index (χ0n) is 14.4. The smallest absolute Gasteiger partial charge is 0.127 e. The van der Waals surface area contributed by atoms with Crippen molar-refractivity contribution in [3.05, 3.63) is 76.3 Å². The molecule has 4 heteroatoms. The molecule has 2 nitrogen and oxygen atoms in total.